The van der Waals surface area contributed by atoms with Crippen molar-refractivity contribution in [2.75, 3.05) is 0 Å². The molecular weight excluding hydrogens is 188 g/mol. The summed E-state index contributed by atoms with van der Waals surface area (Å²) in [4.78, 5) is 10.8. The molecule has 3 heteroatoms. The van der Waals surface area contributed by atoms with Crippen molar-refractivity contribution in [3.8, 4) is 0 Å². The molecule has 0 atom stereocenters. The lowest BCUT2D eigenvalue weighted by molar-refractivity contribution is -0.142. The average Bonchev–Trinajstić information content (AvgIpc) is 2.06. The Kier molecular flexibility index (Phi) is 3.95. The Balaban J connectivity index is 0.00000144. The van der Waals surface area contributed by atoms with E-state index >= 15 is 0 Å². The van der Waals surface area contributed by atoms with Crippen molar-refractivity contribution in [3.63, 3.8) is 0 Å². The van der Waals surface area contributed by atoms with Crippen LogP contribution in [-0.4, -0.2) is 11.1 Å². The Hall–Kier alpha value is -1.02. The topological polar surface area (TPSA) is 37.3 Å². The zero-order valence-corrected chi connectivity index (χ0v) is 8.47. The second kappa shape index (κ2) is 4.28. The number of carbonyl (C=O) groups is 1. The molecule has 0 saturated carbocycles. The molecule has 0 aliphatic carbocycles. The Morgan fingerprint density at radius 1 is 1.23 bits per heavy atom. The number of halogens is 1. The fraction of sp³-hybridized carbons (Fsp3) is 0.300. The SMILES string of the molecule is CC(C)(C(=O)O)c1ccccc1.Cl. The van der Waals surface area contributed by atoms with Crippen LogP contribution in [0, 0.1) is 0 Å². The van der Waals surface area contributed by atoms with Gasteiger partial charge in [0.15, 0.2) is 0 Å². The molecule has 1 aromatic carbocycles. The maximum atomic E-state index is 10.8. The van der Waals surface area contributed by atoms with E-state index in [1.165, 1.54) is 0 Å². The Bertz CT molecular complexity index is 280. The van der Waals surface area contributed by atoms with Gasteiger partial charge in [-0.05, 0) is 19.4 Å². The van der Waals surface area contributed by atoms with E-state index in [0.717, 1.165) is 5.56 Å². The average molecular weight is 201 g/mol. The van der Waals surface area contributed by atoms with Gasteiger partial charge in [0.2, 0.25) is 0 Å². The van der Waals surface area contributed by atoms with Crippen molar-refractivity contribution >= 4 is 18.4 Å². The van der Waals surface area contributed by atoms with Gasteiger partial charge in [0.05, 0.1) is 5.41 Å². The summed E-state index contributed by atoms with van der Waals surface area (Å²) in [5.74, 6) is -0.797. The van der Waals surface area contributed by atoms with Crippen LogP contribution in [0.15, 0.2) is 30.3 Å². The van der Waals surface area contributed by atoms with Crippen LogP contribution in [0.4, 0.5) is 0 Å². The van der Waals surface area contributed by atoms with Crippen LogP contribution in [0.3, 0.4) is 0 Å². The van der Waals surface area contributed by atoms with Gasteiger partial charge in [-0.2, -0.15) is 0 Å². The highest BCUT2D eigenvalue weighted by molar-refractivity contribution is 5.85. The van der Waals surface area contributed by atoms with E-state index in [9.17, 15) is 4.79 Å². The van der Waals surface area contributed by atoms with Crippen LogP contribution in [0.2, 0.25) is 0 Å². The molecule has 0 heterocycles. The number of aliphatic carboxylic acids is 1. The molecule has 1 N–H and O–H groups in total. The third kappa shape index (κ3) is 2.46. The largest absolute Gasteiger partial charge is 0.481 e. The second-order valence-electron chi connectivity index (χ2n) is 3.30. The molecule has 0 aliphatic rings. The summed E-state index contributed by atoms with van der Waals surface area (Å²) < 4.78 is 0. The van der Waals surface area contributed by atoms with E-state index in [1.807, 2.05) is 30.3 Å². The van der Waals surface area contributed by atoms with Crippen LogP contribution in [0.1, 0.15) is 19.4 Å². The summed E-state index contributed by atoms with van der Waals surface area (Å²) in [6.45, 7) is 3.40. The molecule has 0 amide bonds. The van der Waals surface area contributed by atoms with Crippen LogP contribution in [0.25, 0.3) is 0 Å². The zero-order valence-electron chi connectivity index (χ0n) is 7.65. The Morgan fingerprint density at radius 3 is 2.08 bits per heavy atom. The molecule has 0 aliphatic heterocycles. The maximum Gasteiger partial charge on any atom is 0.313 e. The number of carboxylic acids is 1. The van der Waals surface area contributed by atoms with Crippen LogP contribution in [0.5, 0.6) is 0 Å². The van der Waals surface area contributed by atoms with Gasteiger partial charge in [-0.25, -0.2) is 0 Å². The number of hydrogen-bond acceptors (Lipinski definition) is 1. The van der Waals surface area contributed by atoms with Gasteiger partial charge in [-0.1, -0.05) is 30.3 Å². The fourth-order valence-corrected chi connectivity index (χ4v) is 0.978. The third-order valence-electron chi connectivity index (χ3n) is 2.03. The highest BCUT2D eigenvalue weighted by Crippen LogP contribution is 2.22. The fourth-order valence-electron chi connectivity index (χ4n) is 0.978. The van der Waals surface area contributed by atoms with E-state index in [2.05, 4.69) is 0 Å². The predicted octanol–water partition coefficient (Wildman–Crippen LogP) is 2.47. The molecule has 0 fully saturated rings. The first-order chi connectivity index (χ1) is 5.55. The summed E-state index contributed by atoms with van der Waals surface area (Å²) in [6, 6.07) is 9.23. The smallest absolute Gasteiger partial charge is 0.313 e. The standard InChI is InChI=1S/C10H12O2.ClH/c1-10(2,9(11)12)8-6-4-3-5-7-8;/h3-7H,1-2H3,(H,11,12);1H. The molecule has 13 heavy (non-hydrogen) atoms. The van der Waals surface area contributed by atoms with Crippen LogP contribution < -0.4 is 0 Å². The lowest BCUT2D eigenvalue weighted by Crippen LogP contribution is -2.28. The summed E-state index contributed by atoms with van der Waals surface area (Å²) in [7, 11) is 0. The highest BCUT2D eigenvalue weighted by Gasteiger charge is 2.28. The first-order valence-corrected chi connectivity index (χ1v) is 3.84. The van der Waals surface area contributed by atoms with Crippen molar-refractivity contribution < 1.29 is 9.90 Å². The van der Waals surface area contributed by atoms with Crippen molar-refractivity contribution in [1.29, 1.82) is 0 Å². The number of benzene rings is 1. The minimum atomic E-state index is -0.797. The quantitative estimate of drug-likeness (QED) is 0.797. The van der Waals surface area contributed by atoms with E-state index in [-0.39, 0.29) is 12.4 Å². The van der Waals surface area contributed by atoms with Crippen molar-refractivity contribution in [2.24, 2.45) is 0 Å². The van der Waals surface area contributed by atoms with Gasteiger partial charge in [0.1, 0.15) is 0 Å². The lowest BCUT2D eigenvalue weighted by Gasteiger charge is -2.18. The Labute approximate surface area is 84.0 Å². The summed E-state index contributed by atoms with van der Waals surface area (Å²) in [5, 5.41) is 8.89. The molecule has 0 radical (unpaired) electrons. The number of rotatable bonds is 2. The molecule has 0 spiro atoms. The van der Waals surface area contributed by atoms with E-state index < -0.39 is 11.4 Å². The normalized spacial score (nSPS) is 10.3. The van der Waals surface area contributed by atoms with E-state index in [1.54, 1.807) is 13.8 Å². The second-order valence-corrected chi connectivity index (χ2v) is 3.30. The monoisotopic (exact) mass is 200 g/mol. The molecule has 0 saturated heterocycles. The van der Waals surface area contributed by atoms with Gasteiger partial charge >= 0.3 is 5.97 Å². The van der Waals surface area contributed by atoms with Gasteiger partial charge in [-0.15, -0.1) is 12.4 Å². The zero-order chi connectivity index (χ0) is 9.19. The van der Waals surface area contributed by atoms with Gasteiger partial charge in [0.25, 0.3) is 0 Å². The number of hydrogen-bond donors (Lipinski definition) is 1. The molecular formula is C10H13ClO2. The highest BCUT2D eigenvalue weighted by atomic mass is 35.5. The van der Waals surface area contributed by atoms with E-state index in [4.69, 9.17) is 5.11 Å². The molecule has 72 valence electrons. The summed E-state index contributed by atoms with van der Waals surface area (Å²) in [5.41, 5.74) is 0.0406. The van der Waals surface area contributed by atoms with Crippen LogP contribution >= 0.6 is 12.4 Å². The molecule has 0 unspecified atom stereocenters. The number of carboxylic acid groups (broad SMARTS) is 1. The summed E-state index contributed by atoms with van der Waals surface area (Å²) >= 11 is 0. The van der Waals surface area contributed by atoms with Gasteiger partial charge in [-0.3, -0.25) is 4.79 Å². The molecule has 0 bridgehead atoms. The molecule has 1 rings (SSSR count). The van der Waals surface area contributed by atoms with Crippen LogP contribution in [-0.2, 0) is 10.2 Å². The third-order valence-corrected chi connectivity index (χ3v) is 2.03. The first kappa shape index (κ1) is 12.0. The minimum Gasteiger partial charge on any atom is -0.481 e. The molecule has 1 aromatic rings. The van der Waals surface area contributed by atoms with E-state index in [0.29, 0.717) is 0 Å². The van der Waals surface area contributed by atoms with Crippen molar-refractivity contribution in [3.05, 3.63) is 35.9 Å². The maximum absolute atomic E-state index is 10.8. The molecule has 0 aromatic heterocycles. The summed E-state index contributed by atoms with van der Waals surface area (Å²) in [6.07, 6.45) is 0. The first-order valence-electron chi connectivity index (χ1n) is 3.84. The van der Waals surface area contributed by atoms with Gasteiger partial charge in [0, 0.05) is 0 Å². The Morgan fingerprint density at radius 2 is 1.69 bits per heavy atom. The molecule has 2 nitrogen and oxygen atoms in total. The minimum absolute atomic E-state index is 0. The van der Waals surface area contributed by atoms with Crippen molar-refractivity contribution in [1.82, 2.24) is 0 Å². The predicted molar refractivity (Wildman–Crippen MR) is 54.4 cm³/mol. The van der Waals surface area contributed by atoms with Crippen molar-refractivity contribution in [2.45, 2.75) is 19.3 Å². The lowest BCUT2D eigenvalue weighted by atomic mass is 9.85. The van der Waals surface area contributed by atoms with Gasteiger partial charge < -0.3 is 5.11 Å².